The summed E-state index contributed by atoms with van der Waals surface area (Å²) < 4.78 is 35.9. The third-order valence-corrected chi connectivity index (χ3v) is 2.09. The lowest BCUT2D eigenvalue weighted by Gasteiger charge is -1.99. The van der Waals surface area contributed by atoms with E-state index in [2.05, 4.69) is 10.3 Å². The van der Waals surface area contributed by atoms with E-state index in [0.29, 0.717) is 23.6 Å². The van der Waals surface area contributed by atoms with Gasteiger partial charge >= 0.3 is 6.18 Å². The van der Waals surface area contributed by atoms with Crippen molar-refractivity contribution < 1.29 is 13.2 Å². The van der Waals surface area contributed by atoms with Gasteiger partial charge in [0.2, 0.25) is 0 Å². The van der Waals surface area contributed by atoms with E-state index in [0.717, 1.165) is 0 Å². The van der Waals surface area contributed by atoms with Crippen LogP contribution in [0.2, 0.25) is 0 Å². The summed E-state index contributed by atoms with van der Waals surface area (Å²) in [5, 5.41) is 3.34. The number of thiazole rings is 1. The Hall–Kier alpha value is -0.620. The summed E-state index contributed by atoms with van der Waals surface area (Å²) >= 11 is 0.620. The predicted molar refractivity (Wildman–Crippen MR) is 39.9 cm³/mol. The fourth-order valence-corrected chi connectivity index (χ4v) is 1.39. The van der Waals surface area contributed by atoms with Gasteiger partial charge in [0.1, 0.15) is 0 Å². The zero-order valence-electron chi connectivity index (χ0n) is 6.27. The van der Waals surface area contributed by atoms with Crippen LogP contribution in [0.5, 0.6) is 0 Å². The molecule has 0 radical (unpaired) electrons. The number of nitrogens with zero attached hydrogens (tertiary/aromatic N) is 1. The minimum atomic E-state index is -4.31. The molecule has 0 saturated heterocycles. The second-order valence-electron chi connectivity index (χ2n) is 2.17. The van der Waals surface area contributed by atoms with Crippen LogP contribution in [0.15, 0.2) is 5.38 Å². The Bertz CT molecular complexity index is 256. The second kappa shape index (κ2) is 3.40. The van der Waals surface area contributed by atoms with Crippen LogP contribution in [0.4, 0.5) is 13.2 Å². The molecule has 0 atom stereocenters. The molecular weight excluding hydrogens is 189 g/mol. The van der Waals surface area contributed by atoms with Crippen LogP contribution < -0.4 is 5.32 Å². The summed E-state index contributed by atoms with van der Waals surface area (Å²) in [5.41, 5.74) is 0.426. The first-order valence-corrected chi connectivity index (χ1v) is 4.08. The molecule has 6 heteroatoms. The number of aromatic nitrogens is 1. The van der Waals surface area contributed by atoms with Gasteiger partial charge in [-0.25, -0.2) is 4.98 Å². The minimum Gasteiger partial charge on any atom is -0.314 e. The lowest BCUT2D eigenvalue weighted by Crippen LogP contribution is -2.08. The Kier molecular flexibility index (Phi) is 2.69. The van der Waals surface area contributed by atoms with E-state index in [1.807, 2.05) is 0 Å². The smallest absolute Gasteiger partial charge is 0.314 e. The average molecular weight is 196 g/mol. The van der Waals surface area contributed by atoms with Crippen LogP contribution in [-0.4, -0.2) is 12.0 Å². The molecule has 0 aromatic carbocycles. The Morgan fingerprint density at radius 3 is 2.67 bits per heavy atom. The van der Waals surface area contributed by atoms with Crippen LogP contribution in [0, 0.1) is 0 Å². The molecule has 0 amide bonds. The largest absolute Gasteiger partial charge is 0.443 e. The molecule has 0 bridgehead atoms. The van der Waals surface area contributed by atoms with E-state index in [1.165, 1.54) is 5.38 Å². The first-order valence-electron chi connectivity index (χ1n) is 3.20. The zero-order chi connectivity index (χ0) is 9.19. The van der Waals surface area contributed by atoms with Gasteiger partial charge in [-0.1, -0.05) is 0 Å². The van der Waals surface area contributed by atoms with Crippen LogP contribution in [0.25, 0.3) is 0 Å². The van der Waals surface area contributed by atoms with Gasteiger partial charge < -0.3 is 5.32 Å². The predicted octanol–water partition coefficient (Wildman–Crippen LogP) is 1.88. The second-order valence-corrected chi connectivity index (χ2v) is 3.03. The van der Waals surface area contributed by atoms with Crippen molar-refractivity contribution in [2.75, 3.05) is 7.05 Å². The van der Waals surface area contributed by atoms with Gasteiger partial charge in [-0.3, -0.25) is 0 Å². The normalized spacial score (nSPS) is 12.0. The van der Waals surface area contributed by atoms with E-state index in [9.17, 15) is 13.2 Å². The van der Waals surface area contributed by atoms with Crippen molar-refractivity contribution in [1.82, 2.24) is 10.3 Å². The summed E-state index contributed by atoms with van der Waals surface area (Å²) in [6, 6.07) is 0. The summed E-state index contributed by atoms with van der Waals surface area (Å²) in [5.74, 6) is 0. The Labute approximate surface area is 71.4 Å². The number of nitrogens with one attached hydrogen (secondary N) is 1. The first-order chi connectivity index (χ1) is 5.54. The number of hydrogen-bond acceptors (Lipinski definition) is 3. The molecule has 0 aliphatic carbocycles. The van der Waals surface area contributed by atoms with E-state index in [-0.39, 0.29) is 0 Å². The number of halogens is 3. The molecule has 68 valence electrons. The molecule has 0 unspecified atom stereocenters. The van der Waals surface area contributed by atoms with Crippen LogP contribution >= 0.6 is 11.3 Å². The Balaban J connectivity index is 2.77. The molecule has 0 fully saturated rings. The fourth-order valence-electron chi connectivity index (χ4n) is 0.699. The molecule has 12 heavy (non-hydrogen) atoms. The molecular formula is C6H7F3N2S. The Morgan fingerprint density at radius 1 is 1.58 bits per heavy atom. The molecule has 0 spiro atoms. The molecule has 1 aromatic heterocycles. The van der Waals surface area contributed by atoms with Gasteiger partial charge in [0, 0.05) is 11.9 Å². The topological polar surface area (TPSA) is 24.9 Å². The molecule has 1 rings (SSSR count). The third kappa shape index (κ3) is 2.18. The summed E-state index contributed by atoms with van der Waals surface area (Å²) in [7, 11) is 1.66. The highest BCUT2D eigenvalue weighted by Crippen LogP contribution is 2.31. The van der Waals surface area contributed by atoms with Gasteiger partial charge in [-0.2, -0.15) is 13.2 Å². The highest BCUT2D eigenvalue weighted by molar-refractivity contribution is 7.09. The molecule has 0 saturated carbocycles. The van der Waals surface area contributed by atoms with E-state index in [1.54, 1.807) is 7.05 Å². The lowest BCUT2D eigenvalue weighted by molar-refractivity contribution is -0.137. The average Bonchev–Trinajstić information content (AvgIpc) is 2.35. The monoisotopic (exact) mass is 196 g/mol. The maximum atomic E-state index is 12.0. The lowest BCUT2D eigenvalue weighted by atomic mass is 10.5. The zero-order valence-corrected chi connectivity index (χ0v) is 7.09. The van der Waals surface area contributed by atoms with Gasteiger partial charge in [0.15, 0.2) is 5.01 Å². The fraction of sp³-hybridized carbons (Fsp3) is 0.500. The number of alkyl halides is 3. The van der Waals surface area contributed by atoms with E-state index in [4.69, 9.17) is 0 Å². The van der Waals surface area contributed by atoms with E-state index >= 15 is 0 Å². The van der Waals surface area contributed by atoms with Crippen LogP contribution in [0.3, 0.4) is 0 Å². The SMILES string of the molecule is CNCc1csc(C(F)(F)F)n1. The molecule has 0 aliphatic heterocycles. The molecule has 1 heterocycles. The third-order valence-electron chi connectivity index (χ3n) is 1.15. The maximum absolute atomic E-state index is 12.0. The number of rotatable bonds is 2. The van der Waals surface area contributed by atoms with Crippen LogP contribution in [-0.2, 0) is 12.7 Å². The summed E-state index contributed by atoms with van der Waals surface area (Å²) in [6.07, 6.45) is -4.31. The van der Waals surface area contributed by atoms with Crippen molar-refractivity contribution in [1.29, 1.82) is 0 Å². The van der Waals surface area contributed by atoms with Crippen molar-refractivity contribution in [3.63, 3.8) is 0 Å². The van der Waals surface area contributed by atoms with E-state index < -0.39 is 11.2 Å². The van der Waals surface area contributed by atoms with Crippen molar-refractivity contribution >= 4 is 11.3 Å². The molecule has 2 nitrogen and oxygen atoms in total. The standard InChI is InChI=1S/C6H7F3N2S/c1-10-2-4-3-12-5(11-4)6(7,8)9/h3,10H,2H2,1H3. The minimum absolute atomic E-state index is 0.368. The van der Waals surface area contributed by atoms with Crippen molar-refractivity contribution in [2.24, 2.45) is 0 Å². The van der Waals surface area contributed by atoms with Crippen LogP contribution in [0.1, 0.15) is 10.7 Å². The first kappa shape index (κ1) is 9.47. The van der Waals surface area contributed by atoms with Gasteiger partial charge in [0.25, 0.3) is 0 Å². The van der Waals surface area contributed by atoms with Crippen molar-refractivity contribution in [3.05, 3.63) is 16.1 Å². The van der Waals surface area contributed by atoms with Crippen molar-refractivity contribution in [2.45, 2.75) is 12.7 Å². The van der Waals surface area contributed by atoms with Crippen molar-refractivity contribution in [3.8, 4) is 0 Å². The molecule has 1 N–H and O–H groups in total. The van der Waals surface area contributed by atoms with Gasteiger partial charge in [-0.05, 0) is 7.05 Å². The Morgan fingerprint density at radius 2 is 2.25 bits per heavy atom. The highest BCUT2D eigenvalue weighted by Gasteiger charge is 2.34. The summed E-state index contributed by atoms with van der Waals surface area (Å²) in [4.78, 5) is 3.40. The summed E-state index contributed by atoms with van der Waals surface area (Å²) in [6.45, 7) is 0.368. The molecule has 1 aromatic rings. The molecule has 0 aliphatic rings. The van der Waals surface area contributed by atoms with Gasteiger partial charge in [-0.15, -0.1) is 11.3 Å². The quantitative estimate of drug-likeness (QED) is 0.781. The van der Waals surface area contributed by atoms with Gasteiger partial charge in [0.05, 0.1) is 5.69 Å². The highest BCUT2D eigenvalue weighted by atomic mass is 32.1. The number of hydrogen-bond donors (Lipinski definition) is 1. The maximum Gasteiger partial charge on any atom is 0.443 e.